The number of anilines is 1. The van der Waals surface area contributed by atoms with E-state index in [9.17, 15) is 9.59 Å². The van der Waals surface area contributed by atoms with Gasteiger partial charge >= 0.3 is 0 Å². The predicted molar refractivity (Wildman–Crippen MR) is 87.5 cm³/mol. The van der Waals surface area contributed by atoms with Crippen molar-refractivity contribution in [1.82, 2.24) is 0 Å². The molecule has 120 valence electrons. The van der Waals surface area contributed by atoms with Crippen LogP contribution in [-0.2, 0) is 0 Å². The fraction of sp³-hybridized carbons (Fsp3) is 0.125. The Bertz CT molecular complexity index is 739. The summed E-state index contributed by atoms with van der Waals surface area (Å²) >= 11 is 5.89. The number of primary amides is 1. The van der Waals surface area contributed by atoms with E-state index in [1.165, 1.54) is 26.4 Å². The van der Waals surface area contributed by atoms with Crippen molar-refractivity contribution in [3.8, 4) is 11.5 Å². The van der Waals surface area contributed by atoms with Crippen molar-refractivity contribution < 1.29 is 19.1 Å². The first-order chi connectivity index (χ1) is 11.0. The molecule has 2 aromatic rings. The summed E-state index contributed by atoms with van der Waals surface area (Å²) in [5, 5.41) is 2.88. The lowest BCUT2D eigenvalue weighted by Gasteiger charge is -2.13. The molecule has 0 unspecified atom stereocenters. The molecule has 0 radical (unpaired) electrons. The number of hydrogen-bond acceptors (Lipinski definition) is 4. The van der Waals surface area contributed by atoms with Crippen LogP contribution in [-0.4, -0.2) is 26.0 Å². The third-order valence-corrected chi connectivity index (χ3v) is 3.47. The van der Waals surface area contributed by atoms with E-state index in [0.717, 1.165) is 0 Å². The summed E-state index contributed by atoms with van der Waals surface area (Å²) in [4.78, 5) is 23.8. The number of carbonyl (C=O) groups is 2. The number of benzene rings is 2. The Morgan fingerprint density at radius 1 is 1.09 bits per heavy atom. The molecule has 3 N–H and O–H groups in total. The zero-order valence-corrected chi connectivity index (χ0v) is 13.3. The average Bonchev–Trinajstić information content (AvgIpc) is 2.55. The van der Waals surface area contributed by atoms with Gasteiger partial charge in [-0.25, -0.2) is 0 Å². The summed E-state index contributed by atoms with van der Waals surface area (Å²) in [7, 11) is 2.91. The topological polar surface area (TPSA) is 90.7 Å². The van der Waals surface area contributed by atoms with E-state index >= 15 is 0 Å². The van der Waals surface area contributed by atoms with Crippen LogP contribution in [0.1, 0.15) is 20.7 Å². The standard InChI is InChI=1S/C16H15ClN2O4/c1-22-12-4-3-5-13(23-2)14(12)16(21)19-9-6-7-11(17)10(8-9)15(18)20/h3-8H,1-2H3,(H2,18,20)(H,19,21). The number of rotatable bonds is 5. The molecule has 0 spiro atoms. The molecule has 0 aliphatic carbocycles. The Labute approximate surface area is 138 Å². The van der Waals surface area contributed by atoms with Gasteiger partial charge in [0, 0.05) is 5.69 Å². The van der Waals surface area contributed by atoms with Crippen LogP contribution in [0, 0.1) is 0 Å². The molecule has 0 heterocycles. The monoisotopic (exact) mass is 334 g/mol. The second kappa shape index (κ2) is 7.02. The third kappa shape index (κ3) is 3.54. The van der Waals surface area contributed by atoms with Gasteiger partial charge in [-0.3, -0.25) is 9.59 Å². The number of hydrogen-bond donors (Lipinski definition) is 2. The maximum Gasteiger partial charge on any atom is 0.263 e. The van der Waals surface area contributed by atoms with Gasteiger partial charge in [0.05, 0.1) is 24.8 Å². The van der Waals surface area contributed by atoms with Crippen molar-refractivity contribution >= 4 is 29.1 Å². The minimum absolute atomic E-state index is 0.122. The quantitative estimate of drug-likeness (QED) is 0.879. The molecule has 0 saturated heterocycles. The van der Waals surface area contributed by atoms with Crippen LogP contribution in [0.5, 0.6) is 11.5 Å². The second-order valence-electron chi connectivity index (χ2n) is 4.55. The SMILES string of the molecule is COc1cccc(OC)c1C(=O)Nc1ccc(Cl)c(C(N)=O)c1. The smallest absolute Gasteiger partial charge is 0.263 e. The molecule has 2 rings (SSSR count). The summed E-state index contributed by atoms with van der Waals surface area (Å²) in [5.74, 6) is -0.394. The molecule has 6 nitrogen and oxygen atoms in total. The predicted octanol–water partition coefficient (Wildman–Crippen LogP) is 2.71. The van der Waals surface area contributed by atoms with E-state index in [-0.39, 0.29) is 16.1 Å². The number of nitrogens with two attached hydrogens (primary N) is 1. The highest BCUT2D eigenvalue weighted by Crippen LogP contribution is 2.29. The number of nitrogens with one attached hydrogen (secondary N) is 1. The van der Waals surface area contributed by atoms with Crippen LogP contribution in [0.15, 0.2) is 36.4 Å². The molecule has 0 aliphatic heterocycles. The van der Waals surface area contributed by atoms with Gasteiger partial charge in [-0.2, -0.15) is 0 Å². The summed E-state index contributed by atoms with van der Waals surface area (Å²) in [5.41, 5.74) is 5.98. The van der Waals surface area contributed by atoms with Crippen molar-refractivity contribution in [2.45, 2.75) is 0 Å². The van der Waals surface area contributed by atoms with Crippen LogP contribution in [0.3, 0.4) is 0 Å². The van der Waals surface area contributed by atoms with E-state index < -0.39 is 11.8 Å². The molecule has 2 amide bonds. The molecule has 0 fully saturated rings. The Kier molecular flexibility index (Phi) is 5.08. The van der Waals surface area contributed by atoms with E-state index in [4.69, 9.17) is 26.8 Å². The van der Waals surface area contributed by atoms with Gasteiger partial charge in [0.2, 0.25) is 5.91 Å². The molecule has 0 aromatic heterocycles. The van der Waals surface area contributed by atoms with E-state index in [2.05, 4.69) is 5.32 Å². The van der Waals surface area contributed by atoms with Crippen LogP contribution < -0.4 is 20.5 Å². The van der Waals surface area contributed by atoms with Gasteiger partial charge in [0.15, 0.2) is 0 Å². The third-order valence-electron chi connectivity index (χ3n) is 3.14. The average molecular weight is 335 g/mol. The number of methoxy groups -OCH3 is 2. The highest BCUT2D eigenvalue weighted by atomic mass is 35.5. The largest absolute Gasteiger partial charge is 0.496 e. The molecule has 2 aromatic carbocycles. The maximum absolute atomic E-state index is 12.5. The lowest BCUT2D eigenvalue weighted by atomic mass is 10.1. The van der Waals surface area contributed by atoms with Gasteiger partial charge in [0.1, 0.15) is 17.1 Å². The molecular formula is C16H15ClN2O4. The lowest BCUT2D eigenvalue weighted by Crippen LogP contribution is -2.16. The van der Waals surface area contributed by atoms with Crippen LogP contribution >= 0.6 is 11.6 Å². The van der Waals surface area contributed by atoms with Crippen molar-refractivity contribution in [2.24, 2.45) is 5.73 Å². The number of ether oxygens (including phenoxy) is 2. The summed E-state index contributed by atoms with van der Waals surface area (Å²) in [6, 6.07) is 9.46. The molecular weight excluding hydrogens is 320 g/mol. The Balaban J connectivity index is 2.37. The maximum atomic E-state index is 12.5. The minimum Gasteiger partial charge on any atom is -0.496 e. The molecule has 0 bridgehead atoms. The van der Waals surface area contributed by atoms with Crippen molar-refractivity contribution in [3.05, 3.63) is 52.5 Å². The highest BCUT2D eigenvalue weighted by Gasteiger charge is 2.19. The van der Waals surface area contributed by atoms with E-state index in [0.29, 0.717) is 17.2 Å². The van der Waals surface area contributed by atoms with E-state index in [1.807, 2.05) is 0 Å². The van der Waals surface area contributed by atoms with Crippen molar-refractivity contribution in [2.75, 3.05) is 19.5 Å². The zero-order chi connectivity index (χ0) is 17.0. The van der Waals surface area contributed by atoms with Gasteiger partial charge in [-0.05, 0) is 30.3 Å². The Hall–Kier alpha value is -2.73. The number of halogens is 1. The summed E-state index contributed by atoms with van der Waals surface area (Å²) in [6.07, 6.45) is 0. The van der Waals surface area contributed by atoms with Crippen molar-refractivity contribution in [1.29, 1.82) is 0 Å². The lowest BCUT2D eigenvalue weighted by molar-refractivity contribution is 0.0995. The number of amides is 2. The van der Waals surface area contributed by atoms with Crippen LogP contribution in [0.25, 0.3) is 0 Å². The summed E-state index contributed by atoms with van der Waals surface area (Å²) in [6.45, 7) is 0. The summed E-state index contributed by atoms with van der Waals surface area (Å²) < 4.78 is 10.4. The van der Waals surface area contributed by atoms with Gasteiger partial charge in [-0.1, -0.05) is 17.7 Å². The van der Waals surface area contributed by atoms with E-state index in [1.54, 1.807) is 24.3 Å². The van der Waals surface area contributed by atoms with Gasteiger partial charge < -0.3 is 20.5 Å². The van der Waals surface area contributed by atoms with Crippen molar-refractivity contribution in [3.63, 3.8) is 0 Å². The Morgan fingerprint density at radius 3 is 2.22 bits per heavy atom. The molecule has 0 saturated carbocycles. The molecule has 0 atom stereocenters. The zero-order valence-electron chi connectivity index (χ0n) is 12.6. The van der Waals surface area contributed by atoms with Gasteiger partial charge in [0.25, 0.3) is 5.91 Å². The van der Waals surface area contributed by atoms with Crippen LogP contribution in [0.4, 0.5) is 5.69 Å². The minimum atomic E-state index is -0.680. The van der Waals surface area contributed by atoms with Crippen LogP contribution in [0.2, 0.25) is 5.02 Å². The second-order valence-corrected chi connectivity index (χ2v) is 4.96. The van der Waals surface area contributed by atoms with Gasteiger partial charge in [-0.15, -0.1) is 0 Å². The highest BCUT2D eigenvalue weighted by molar-refractivity contribution is 6.34. The Morgan fingerprint density at radius 2 is 1.70 bits per heavy atom. The first-order valence-corrected chi connectivity index (χ1v) is 6.97. The number of carbonyl (C=O) groups excluding carboxylic acids is 2. The normalized spacial score (nSPS) is 10.0. The fourth-order valence-corrected chi connectivity index (χ4v) is 2.27. The first kappa shape index (κ1) is 16.6. The molecule has 7 heteroatoms. The molecule has 23 heavy (non-hydrogen) atoms. The first-order valence-electron chi connectivity index (χ1n) is 6.59. The molecule has 0 aliphatic rings. The fourth-order valence-electron chi connectivity index (χ4n) is 2.06.